The minimum absolute atomic E-state index is 0.223. The highest BCUT2D eigenvalue weighted by Gasteiger charge is 2.38. The van der Waals surface area contributed by atoms with Crippen molar-refractivity contribution >= 4 is 0 Å². The Balaban J connectivity index is 1.67. The van der Waals surface area contributed by atoms with Crippen LogP contribution >= 0.6 is 0 Å². The standard InChI is InChI=1S/C16H20F3NO/c17-16(18,19)13-5-1-11(2-6-13)10-20-8-7-14(21)9-15(20)12-3-4-12/h1-2,5-6,12,14-15,21H,3-4,7-10H2/t14-,15-/m1/s1. The van der Waals surface area contributed by atoms with E-state index < -0.39 is 11.7 Å². The zero-order valence-corrected chi connectivity index (χ0v) is 11.8. The summed E-state index contributed by atoms with van der Waals surface area (Å²) in [5.41, 5.74) is 0.309. The third-order valence-corrected chi connectivity index (χ3v) is 4.57. The molecule has 3 rings (SSSR count). The zero-order valence-electron chi connectivity index (χ0n) is 11.8. The predicted molar refractivity (Wildman–Crippen MR) is 73.6 cm³/mol. The maximum atomic E-state index is 12.6. The van der Waals surface area contributed by atoms with Crippen LogP contribution in [0, 0.1) is 5.92 Å². The molecule has 1 saturated heterocycles. The maximum Gasteiger partial charge on any atom is 0.416 e. The Morgan fingerprint density at radius 2 is 1.76 bits per heavy atom. The molecule has 2 aliphatic rings. The van der Waals surface area contributed by atoms with Gasteiger partial charge in [-0.25, -0.2) is 0 Å². The van der Waals surface area contributed by atoms with Gasteiger partial charge < -0.3 is 5.11 Å². The average Bonchev–Trinajstić information content (AvgIpc) is 3.25. The molecule has 1 N–H and O–H groups in total. The first-order chi connectivity index (χ1) is 9.93. The highest BCUT2D eigenvalue weighted by atomic mass is 19.4. The molecule has 0 bridgehead atoms. The van der Waals surface area contributed by atoms with Crippen LogP contribution in [0.25, 0.3) is 0 Å². The van der Waals surface area contributed by atoms with E-state index in [4.69, 9.17) is 0 Å². The van der Waals surface area contributed by atoms with Crippen LogP contribution in [0.4, 0.5) is 13.2 Å². The van der Waals surface area contributed by atoms with Crippen molar-refractivity contribution in [3.05, 3.63) is 35.4 Å². The molecule has 0 radical (unpaired) electrons. The number of hydrogen-bond acceptors (Lipinski definition) is 2. The van der Waals surface area contributed by atoms with Gasteiger partial charge in [-0.3, -0.25) is 4.90 Å². The van der Waals surface area contributed by atoms with E-state index in [1.807, 2.05) is 0 Å². The van der Waals surface area contributed by atoms with Crippen molar-refractivity contribution in [2.75, 3.05) is 6.54 Å². The topological polar surface area (TPSA) is 23.5 Å². The molecule has 21 heavy (non-hydrogen) atoms. The largest absolute Gasteiger partial charge is 0.416 e. The molecule has 2 atom stereocenters. The molecule has 5 heteroatoms. The lowest BCUT2D eigenvalue weighted by Gasteiger charge is -2.38. The Hall–Kier alpha value is -1.07. The van der Waals surface area contributed by atoms with Crippen molar-refractivity contribution in [3.63, 3.8) is 0 Å². The van der Waals surface area contributed by atoms with Gasteiger partial charge in [-0.1, -0.05) is 12.1 Å². The number of halogens is 3. The number of rotatable bonds is 3. The Morgan fingerprint density at radius 3 is 2.33 bits per heavy atom. The quantitative estimate of drug-likeness (QED) is 0.924. The van der Waals surface area contributed by atoms with E-state index in [1.165, 1.54) is 12.8 Å². The molecule has 2 nitrogen and oxygen atoms in total. The fourth-order valence-electron chi connectivity index (χ4n) is 3.23. The third kappa shape index (κ3) is 3.58. The van der Waals surface area contributed by atoms with Crippen molar-refractivity contribution in [1.29, 1.82) is 0 Å². The van der Waals surface area contributed by atoms with E-state index in [2.05, 4.69) is 4.90 Å². The van der Waals surface area contributed by atoms with Gasteiger partial charge in [0.15, 0.2) is 0 Å². The summed E-state index contributed by atoms with van der Waals surface area (Å²) >= 11 is 0. The van der Waals surface area contributed by atoms with Gasteiger partial charge in [0.25, 0.3) is 0 Å². The predicted octanol–water partition coefficient (Wildman–Crippen LogP) is 3.44. The van der Waals surface area contributed by atoms with Gasteiger partial charge >= 0.3 is 6.18 Å². The Morgan fingerprint density at radius 1 is 1.10 bits per heavy atom. The fourth-order valence-corrected chi connectivity index (χ4v) is 3.23. The van der Waals surface area contributed by atoms with Crippen molar-refractivity contribution in [2.45, 2.75) is 50.6 Å². The summed E-state index contributed by atoms with van der Waals surface area (Å²) in [6, 6.07) is 5.83. The molecular formula is C16H20F3NO. The monoisotopic (exact) mass is 299 g/mol. The summed E-state index contributed by atoms with van der Waals surface area (Å²) in [5, 5.41) is 9.81. The highest BCUT2D eigenvalue weighted by molar-refractivity contribution is 5.24. The lowest BCUT2D eigenvalue weighted by Crippen LogP contribution is -2.45. The van der Waals surface area contributed by atoms with Crippen molar-refractivity contribution in [3.8, 4) is 0 Å². The van der Waals surface area contributed by atoms with Crippen LogP contribution in [-0.4, -0.2) is 28.7 Å². The molecule has 1 aliphatic carbocycles. The second-order valence-corrected chi connectivity index (χ2v) is 6.25. The van der Waals surface area contributed by atoms with Crippen LogP contribution in [0.1, 0.15) is 36.8 Å². The minimum atomic E-state index is -4.27. The Kier molecular flexibility index (Phi) is 3.97. The van der Waals surface area contributed by atoms with Gasteiger partial charge in [0.05, 0.1) is 11.7 Å². The zero-order chi connectivity index (χ0) is 15.0. The number of aliphatic hydroxyl groups excluding tert-OH is 1. The van der Waals surface area contributed by atoms with E-state index in [9.17, 15) is 18.3 Å². The molecule has 1 aromatic carbocycles. The molecule has 0 amide bonds. The van der Waals surface area contributed by atoms with E-state index in [-0.39, 0.29) is 6.10 Å². The lowest BCUT2D eigenvalue weighted by atomic mass is 9.95. The Bertz CT molecular complexity index is 481. The number of piperidine rings is 1. The van der Waals surface area contributed by atoms with Crippen LogP contribution in [0.5, 0.6) is 0 Å². The maximum absolute atomic E-state index is 12.6. The van der Waals surface area contributed by atoms with Crippen LogP contribution in [-0.2, 0) is 12.7 Å². The second-order valence-electron chi connectivity index (χ2n) is 6.25. The number of likely N-dealkylation sites (tertiary alicyclic amines) is 1. The first-order valence-electron chi connectivity index (χ1n) is 7.52. The molecule has 116 valence electrons. The van der Waals surface area contributed by atoms with E-state index >= 15 is 0 Å². The van der Waals surface area contributed by atoms with E-state index in [0.717, 1.165) is 37.1 Å². The summed E-state index contributed by atoms with van der Waals surface area (Å²) in [7, 11) is 0. The van der Waals surface area contributed by atoms with E-state index in [1.54, 1.807) is 12.1 Å². The molecule has 2 fully saturated rings. The van der Waals surface area contributed by atoms with Gasteiger partial charge in [-0.15, -0.1) is 0 Å². The fraction of sp³-hybridized carbons (Fsp3) is 0.625. The smallest absolute Gasteiger partial charge is 0.393 e. The Labute approximate surface area is 122 Å². The first kappa shape index (κ1) is 14.9. The van der Waals surface area contributed by atoms with Gasteiger partial charge in [-0.05, 0) is 49.3 Å². The van der Waals surface area contributed by atoms with Crippen molar-refractivity contribution < 1.29 is 18.3 Å². The van der Waals surface area contributed by atoms with Gasteiger partial charge in [0, 0.05) is 19.1 Å². The molecule has 0 unspecified atom stereocenters. The number of aliphatic hydroxyl groups is 1. The third-order valence-electron chi connectivity index (χ3n) is 4.57. The first-order valence-corrected chi connectivity index (χ1v) is 7.52. The second kappa shape index (κ2) is 5.61. The normalized spacial score (nSPS) is 27.8. The number of alkyl halides is 3. The molecule has 1 aliphatic heterocycles. The highest BCUT2D eigenvalue weighted by Crippen LogP contribution is 2.40. The SMILES string of the molecule is O[C@@H]1CCN(Cc2ccc(C(F)(F)F)cc2)[C@@H](C2CC2)C1. The molecule has 1 heterocycles. The van der Waals surface area contributed by atoms with Crippen LogP contribution in [0.2, 0.25) is 0 Å². The molecule has 1 saturated carbocycles. The summed E-state index contributed by atoms with van der Waals surface area (Å²) in [6.07, 6.45) is -0.527. The molecule has 0 aromatic heterocycles. The van der Waals surface area contributed by atoms with Crippen molar-refractivity contribution in [2.24, 2.45) is 5.92 Å². The number of benzene rings is 1. The number of hydrogen-bond donors (Lipinski definition) is 1. The van der Waals surface area contributed by atoms with Crippen LogP contribution in [0.15, 0.2) is 24.3 Å². The van der Waals surface area contributed by atoms with Crippen LogP contribution < -0.4 is 0 Å². The molecule has 0 spiro atoms. The molecular weight excluding hydrogens is 279 g/mol. The summed E-state index contributed by atoms with van der Waals surface area (Å²) in [6.45, 7) is 1.50. The van der Waals surface area contributed by atoms with Gasteiger partial charge in [0.1, 0.15) is 0 Å². The summed E-state index contributed by atoms with van der Waals surface area (Å²) < 4.78 is 37.7. The average molecular weight is 299 g/mol. The minimum Gasteiger partial charge on any atom is -0.393 e. The lowest BCUT2D eigenvalue weighted by molar-refractivity contribution is -0.137. The summed E-state index contributed by atoms with van der Waals surface area (Å²) in [5.74, 6) is 0.661. The van der Waals surface area contributed by atoms with E-state index in [0.29, 0.717) is 18.5 Å². The van der Waals surface area contributed by atoms with Gasteiger partial charge in [0.2, 0.25) is 0 Å². The van der Waals surface area contributed by atoms with Gasteiger partial charge in [-0.2, -0.15) is 13.2 Å². The molecule has 1 aromatic rings. The van der Waals surface area contributed by atoms with Crippen molar-refractivity contribution in [1.82, 2.24) is 4.90 Å². The van der Waals surface area contributed by atoms with Crippen LogP contribution in [0.3, 0.4) is 0 Å². The summed E-state index contributed by atoms with van der Waals surface area (Å²) in [4.78, 5) is 2.33. The number of nitrogens with zero attached hydrogens (tertiary/aromatic N) is 1.